The SMILES string of the molecule is COc1ccc(S(=O)(=O)NC[C@@H](c2ccsc2)N2CCCCCC2)cc1. The Kier molecular flexibility index (Phi) is 6.69. The van der Waals surface area contributed by atoms with Crippen molar-refractivity contribution in [3.63, 3.8) is 0 Å². The lowest BCUT2D eigenvalue weighted by Gasteiger charge is -2.30. The lowest BCUT2D eigenvalue weighted by molar-refractivity contribution is 0.206. The number of hydrogen-bond acceptors (Lipinski definition) is 5. The van der Waals surface area contributed by atoms with Crippen molar-refractivity contribution < 1.29 is 13.2 Å². The summed E-state index contributed by atoms with van der Waals surface area (Å²) in [6.45, 7) is 2.42. The van der Waals surface area contributed by atoms with E-state index in [1.165, 1.54) is 31.2 Å². The molecule has 1 aromatic carbocycles. The van der Waals surface area contributed by atoms with Crippen molar-refractivity contribution in [1.82, 2.24) is 9.62 Å². The molecule has 1 aliphatic heterocycles. The summed E-state index contributed by atoms with van der Waals surface area (Å²) in [5.41, 5.74) is 1.19. The molecule has 1 fully saturated rings. The lowest BCUT2D eigenvalue weighted by atomic mass is 10.1. The van der Waals surface area contributed by atoms with Crippen molar-refractivity contribution >= 4 is 21.4 Å². The summed E-state index contributed by atoms with van der Waals surface area (Å²) in [5.74, 6) is 0.643. The van der Waals surface area contributed by atoms with Gasteiger partial charge in [-0.05, 0) is 72.6 Å². The van der Waals surface area contributed by atoms with Gasteiger partial charge in [0.1, 0.15) is 5.75 Å². The highest BCUT2D eigenvalue weighted by Crippen LogP contribution is 2.26. The van der Waals surface area contributed by atoms with Crippen molar-refractivity contribution in [2.45, 2.75) is 36.6 Å². The molecule has 2 heterocycles. The normalized spacial score (nSPS) is 17.6. The van der Waals surface area contributed by atoms with Gasteiger partial charge in [-0.25, -0.2) is 13.1 Å². The van der Waals surface area contributed by atoms with E-state index in [-0.39, 0.29) is 10.9 Å². The zero-order valence-electron chi connectivity index (χ0n) is 15.1. The van der Waals surface area contributed by atoms with Crippen molar-refractivity contribution in [3.05, 3.63) is 46.7 Å². The van der Waals surface area contributed by atoms with Gasteiger partial charge in [-0.2, -0.15) is 11.3 Å². The number of methoxy groups -OCH3 is 1. The Morgan fingerprint density at radius 3 is 2.38 bits per heavy atom. The fourth-order valence-electron chi connectivity index (χ4n) is 3.36. The third-order valence-electron chi connectivity index (χ3n) is 4.85. The van der Waals surface area contributed by atoms with Crippen LogP contribution in [-0.4, -0.2) is 40.1 Å². The van der Waals surface area contributed by atoms with E-state index in [9.17, 15) is 8.42 Å². The molecule has 0 bridgehead atoms. The molecule has 1 aromatic heterocycles. The minimum Gasteiger partial charge on any atom is -0.497 e. The fourth-order valence-corrected chi connectivity index (χ4v) is 5.10. The van der Waals surface area contributed by atoms with E-state index in [4.69, 9.17) is 4.74 Å². The van der Waals surface area contributed by atoms with Crippen LogP contribution < -0.4 is 9.46 Å². The molecule has 1 N–H and O–H groups in total. The van der Waals surface area contributed by atoms with Crippen LogP contribution in [0.3, 0.4) is 0 Å². The van der Waals surface area contributed by atoms with Crippen molar-refractivity contribution in [1.29, 1.82) is 0 Å². The van der Waals surface area contributed by atoms with E-state index in [1.807, 2.05) is 0 Å². The molecule has 0 saturated carbocycles. The Morgan fingerprint density at radius 1 is 1.12 bits per heavy atom. The quantitative estimate of drug-likeness (QED) is 0.779. The predicted molar refractivity (Wildman–Crippen MR) is 105 cm³/mol. The zero-order valence-corrected chi connectivity index (χ0v) is 16.7. The van der Waals surface area contributed by atoms with E-state index < -0.39 is 10.0 Å². The van der Waals surface area contributed by atoms with Crippen molar-refractivity contribution in [2.75, 3.05) is 26.7 Å². The van der Waals surface area contributed by atoms with E-state index in [2.05, 4.69) is 26.4 Å². The lowest BCUT2D eigenvalue weighted by Crippen LogP contribution is -2.38. The highest BCUT2D eigenvalue weighted by molar-refractivity contribution is 7.89. The molecule has 26 heavy (non-hydrogen) atoms. The second-order valence-electron chi connectivity index (χ2n) is 6.55. The maximum atomic E-state index is 12.7. The maximum absolute atomic E-state index is 12.7. The number of rotatable bonds is 7. The van der Waals surface area contributed by atoms with Crippen molar-refractivity contribution in [2.24, 2.45) is 0 Å². The van der Waals surface area contributed by atoms with Crippen LogP contribution in [0.1, 0.15) is 37.3 Å². The maximum Gasteiger partial charge on any atom is 0.240 e. The second kappa shape index (κ2) is 8.99. The van der Waals surface area contributed by atoms with E-state index in [0.717, 1.165) is 13.1 Å². The molecule has 1 aliphatic rings. The molecule has 142 valence electrons. The van der Waals surface area contributed by atoms with Crippen LogP contribution >= 0.6 is 11.3 Å². The molecular weight excluding hydrogens is 368 g/mol. The van der Waals surface area contributed by atoms with Crippen LogP contribution in [0, 0.1) is 0 Å². The summed E-state index contributed by atoms with van der Waals surface area (Å²) in [5, 5.41) is 4.18. The first-order valence-corrected chi connectivity index (χ1v) is 11.4. The zero-order chi connectivity index (χ0) is 18.4. The monoisotopic (exact) mass is 394 g/mol. The topological polar surface area (TPSA) is 58.6 Å². The van der Waals surface area contributed by atoms with E-state index in [1.54, 1.807) is 42.7 Å². The minimum absolute atomic E-state index is 0.0763. The Hall–Kier alpha value is -1.41. The number of sulfonamides is 1. The summed E-state index contributed by atoms with van der Waals surface area (Å²) in [4.78, 5) is 2.68. The molecule has 2 aromatic rings. The van der Waals surface area contributed by atoms with Crippen LogP contribution in [0.2, 0.25) is 0 Å². The highest BCUT2D eigenvalue weighted by atomic mass is 32.2. The van der Waals surface area contributed by atoms with Crippen LogP contribution in [0.4, 0.5) is 0 Å². The molecule has 0 radical (unpaired) electrons. The number of thiophene rings is 1. The number of nitrogens with one attached hydrogen (secondary N) is 1. The Labute approximate surface area is 160 Å². The Morgan fingerprint density at radius 2 is 1.81 bits per heavy atom. The second-order valence-corrected chi connectivity index (χ2v) is 9.10. The Balaban J connectivity index is 1.73. The van der Waals surface area contributed by atoms with Gasteiger partial charge in [0.05, 0.1) is 12.0 Å². The summed E-state index contributed by atoms with van der Waals surface area (Å²) in [6, 6.07) is 8.66. The van der Waals surface area contributed by atoms with Gasteiger partial charge < -0.3 is 4.74 Å². The predicted octanol–water partition coefficient (Wildman–Crippen LogP) is 3.65. The molecule has 1 saturated heterocycles. The average Bonchev–Trinajstić information content (AvgIpc) is 3.05. The molecular formula is C19H26N2O3S2. The Bertz CT molecular complexity index is 766. The largest absolute Gasteiger partial charge is 0.497 e. The number of nitrogens with zero attached hydrogens (tertiary/aromatic N) is 1. The van der Waals surface area contributed by atoms with Gasteiger partial charge in [0, 0.05) is 12.6 Å². The van der Waals surface area contributed by atoms with Gasteiger partial charge in [0.25, 0.3) is 0 Å². The van der Waals surface area contributed by atoms with Gasteiger partial charge in [-0.15, -0.1) is 0 Å². The number of ether oxygens (including phenoxy) is 1. The van der Waals surface area contributed by atoms with E-state index >= 15 is 0 Å². The van der Waals surface area contributed by atoms with Crippen LogP contribution in [0.15, 0.2) is 46.0 Å². The highest BCUT2D eigenvalue weighted by Gasteiger charge is 2.24. The van der Waals surface area contributed by atoms with Gasteiger partial charge in [0.15, 0.2) is 0 Å². The summed E-state index contributed by atoms with van der Waals surface area (Å²) in [7, 11) is -1.98. The summed E-state index contributed by atoms with van der Waals surface area (Å²) < 4.78 is 33.3. The standard InChI is InChI=1S/C19H26N2O3S2/c1-24-17-6-8-18(9-7-17)26(22,23)20-14-19(16-10-13-25-15-16)21-11-4-2-3-5-12-21/h6-10,13,15,19-20H,2-5,11-12,14H2,1H3/t19-/m0/s1. The third kappa shape index (κ3) is 4.85. The first-order valence-electron chi connectivity index (χ1n) is 9.00. The fraction of sp³-hybridized carbons (Fsp3) is 0.474. The first kappa shape index (κ1) is 19.4. The third-order valence-corrected chi connectivity index (χ3v) is 6.99. The van der Waals surface area contributed by atoms with Gasteiger partial charge in [-0.3, -0.25) is 4.90 Å². The molecule has 0 aliphatic carbocycles. The van der Waals surface area contributed by atoms with Gasteiger partial charge in [0.2, 0.25) is 10.0 Å². The number of likely N-dealkylation sites (tertiary alicyclic amines) is 1. The van der Waals surface area contributed by atoms with Crippen LogP contribution in [0.25, 0.3) is 0 Å². The molecule has 0 spiro atoms. The molecule has 5 nitrogen and oxygen atoms in total. The average molecular weight is 395 g/mol. The smallest absolute Gasteiger partial charge is 0.240 e. The molecule has 0 amide bonds. The minimum atomic E-state index is -3.55. The van der Waals surface area contributed by atoms with Crippen LogP contribution in [-0.2, 0) is 10.0 Å². The van der Waals surface area contributed by atoms with Gasteiger partial charge >= 0.3 is 0 Å². The molecule has 0 unspecified atom stereocenters. The molecule has 3 rings (SSSR count). The summed E-state index contributed by atoms with van der Waals surface area (Å²) in [6.07, 6.45) is 4.85. The first-order chi connectivity index (χ1) is 12.6. The molecule has 1 atom stereocenters. The number of hydrogen-bond donors (Lipinski definition) is 1. The van der Waals surface area contributed by atoms with Gasteiger partial charge in [-0.1, -0.05) is 12.8 Å². The van der Waals surface area contributed by atoms with E-state index in [0.29, 0.717) is 12.3 Å². The summed E-state index contributed by atoms with van der Waals surface area (Å²) >= 11 is 1.65. The van der Waals surface area contributed by atoms with Crippen LogP contribution in [0.5, 0.6) is 5.75 Å². The molecule has 7 heteroatoms. The van der Waals surface area contributed by atoms with Crippen molar-refractivity contribution in [3.8, 4) is 5.75 Å². The number of benzene rings is 1.